The summed E-state index contributed by atoms with van der Waals surface area (Å²) >= 11 is 12.3. The van der Waals surface area contributed by atoms with E-state index in [1.165, 1.54) is 19.3 Å². The Hall–Kier alpha value is -1.99. The van der Waals surface area contributed by atoms with E-state index in [-0.39, 0.29) is 23.9 Å². The summed E-state index contributed by atoms with van der Waals surface area (Å²) in [6.07, 6.45) is 8.57. The topological polar surface area (TPSA) is 81.8 Å². The van der Waals surface area contributed by atoms with Crippen LogP contribution in [0.4, 0.5) is 4.79 Å². The Balaban J connectivity index is 1.28. The van der Waals surface area contributed by atoms with Crippen LogP contribution < -0.4 is 10.6 Å². The Bertz CT molecular complexity index is 882. The van der Waals surface area contributed by atoms with E-state index in [0.717, 1.165) is 19.3 Å². The molecule has 9 heteroatoms. The van der Waals surface area contributed by atoms with Crippen LogP contribution in [0.25, 0.3) is 0 Å². The summed E-state index contributed by atoms with van der Waals surface area (Å²) in [4.78, 5) is 42.1. The lowest BCUT2D eigenvalue weighted by Gasteiger charge is -2.35. The molecule has 1 atom stereocenters. The molecule has 7 nitrogen and oxygen atoms in total. The predicted octanol–water partition coefficient (Wildman–Crippen LogP) is 4.22. The molecule has 33 heavy (non-hydrogen) atoms. The Morgan fingerprint density at radius 2 is 1.52 bits per heavy atom. The SMILES string of the molecule is O=C(NC1CCN(C(=O)NC2CCCCC2)CC1)C1CCCN1C(=O)c1cc(Cl)ccc1Cl. The van der Waals surface area contributed by atoms with E-state index in [1.54, 1.807) is 23.1 Å². The minimum atomic E-state index is -0.514. The summed E-state index contributed by atoms with van der Waals surface area (Å²) in [6.45, 7) is 1.75. The molecule has 4 amide bonds. The van der Waals surface area contributed by atoms with Gasteiger partial charge in [0.15, 0.2) is 0 Å². The van der Waals surface area contributed by atoms with Gasteiger partial charge in [-0.1, -0.05) is 42.5 Å². The molecule has 0 spiro atoms. The number of rotatable bonds is 4. The second-order valence-corrected chi connectivity index (χ2v) is 10.2. The number of nitrogens with one attached hydrogen (secondary N) is 2. The van der Waals surface area contributed by atoms with E-state index >= 15 is 0 Å². The quantitative estimate of drug-likeness (QED) is 0.657. The molecule has 1 aromatic rings. The molecule has 1 unspecified atom stereocenters. The number of carbonyl (C=O) groups excluding carboxylic acids is 3. The largest absolute Gasteiger partial charge is 0.351 e. The summed E-state index contributed by atoms with van der Waals surface area (Å²) in [7, 11) is 0. The van der Waals surface area contributed by atoms with Crippen molar-refractivity contribution < 1.29 is 14.4 Å². The molecular weight excluding hydrogens is 463 g/mol. The van der Waals surface area contributed by atoms with Gasteiger partial charge in [0.2, 0.25) is 5.91 Å². The van der Waals surface area contributed by atoms with Crippen molar-refractivity contribution in [3.8, 4) is 0 Å². The van der Waals surface area contributed by atoms with Gasteiger partial charge in [0.05, 0.1) is 10.6 Å². The van der Waals surface area contributed by atoms with E-state index in [9.17, 15) is 14.4 Å². The van der Waals surface area contributed by atoms with Gasteiger partial charge in [-0.15, -0.1) is 0 Å². The summed E-state index contributed by atoms with van der Waals surface area (Å²) in [6, 6.07) is 4.58. The molecule has 1 saturated carbocycles. The van der Waals surface area contributed by atoms with Crippen molar-refractivity contribution in [2.75, 3.05) is 19.6 Å². The maximum atomic E-state index is 13.1. The number of hydrogen-bond acceptors (Lipinski definition) is 3. The van der Waals surface area contributed by atoms with Crippen LogP contribution in [0.5, 0.6) is 0 Å². The van der Waals surface area contributed by atoms with Crippen LogP contribution in [0.3, 0.4) is 0 Å². The van der Waals surface area contributed by atoms with Crippen LogP contribution in [0, 0.1) is 0 Å². The van der Waals surface area contributed by atoms with Crippen LogP contribution in [0.1, 0.15) is 68.1 Å². The lowest BCUT2D eigenvalue weighted by molar-refractivity contribution is -0.125. The van der Waals surface area contributed by atoms with E-state index in [1.807, 2.05) is 4.90 Å². The fraction of sp³-hybridized carbons (Fsp3) is 0.625. The Morgan fingerprint density at radius 3 is 2.24 bits per heavy atom. The Kier molecular flexibility index (Phi) is 8.02. The fourth-order valence-electron chi connectivity index (χ4n) is 5.14. The second-order valence-electron chi connectivity index (χ2n) is 9.34. The minimum Gasteiger partial charge on any atom is -0.351 e. The van der Waals surface area contributed by atoms with Crippen LogP contribution >= 0.6 is 23.2 Å². The molecule has 2 aliphatic heterocycles. The number of likely N-dealkylation sites (tertiary alicyclic amines) is 2. The van der Waals surface area contributed by atoms with E-state index in [2.05, 4.69) is 10.6 Å². The number of amides is 4. The molecule has 3 aliphatic rings. The second kappa shape index (κ2) is 11.0. The van der Waals surface area contributed by atoms with Crippen LogP contribution in [-0.4, -0.2) is 65.4 Å². The molecule has 4 rings (SSSR count). The molecular formula is C24H32Cl2N4O3. The zero-order valence-electron chi connectivity index (χ0n) is 18.8. The third-order valence-electron chi connectivity index (χ3n) is 7.04. The smallest absolute Gasteiger partial charge is 0.317 e. The normalized spacial score (nSPS) is 22.3. The predicted molar refractivity (Wildman–Crippen MR) is 129 cm³/mol. The fourth-order valence-corrected chi connectivity index (χ4v) is 5.51. The van der Waals surface area contributed by atoms with Crippen LogP contribution in [0.15, 0.2) is 18.2 Å². The summed E-state index contributed by atoms with van der Waals surface area (Å²) < 4.78 is 0. The van der Waals surface area contributed by atoms with Crippen molar-refractivity contribution in [1.29, 1.82) is 0 Å². The molecule has 2 heterocycles. The van der Waals surface area contributed by atoms with E-state index < -0.39 is 6.04 Å². The van der Waals surface area contributed by atoms with Gasteiger partial charge in [-0.3, -0.25) is 9.59 Å². The maximum Gasteiger partial charge on any atom is 0.317 e. The van der Waals surface area contributed by atoms with Crippen molar-refractivity contribution in [2.45, 2.75) is 75.9 Å². The molecule has 0 bridgehead atoms. The molecule has 1 aliphatic carbocycles. The molecule has 3 fully saturated rings. The van der Waals surface area contributed by atoms with Crippen molar-refractivity contribution in [3.63, 3.8) is 0 Å². The molecule has 2 saturated heterocycles. The van der Waals surface area contributed by atoms with Crippen LogP contribution in [-0.2, 0) is 4.79 Å². The van der Waals surface area contributed by atoms with Gasteiger partial charge in [0.25, 0.3) is 5.91 Å². The molecule has 1 aromatic carbocycles. The summed E-state index contributed by atoms with van der Waals surface area (Å²) in [5, 5.41) is 7.04. The highest BCUT2D eigenvalue weighted by molar-refractivity contribution is 6.35. The van der Waals surface area contributed by atoms with Crippen molar-refractivity contribution in [2.24, 2.45) is 0 Å². The van der Waals surface area contributed by atoms with Crippen molar-refractivity contribution in [1.82, 2.24) is 20.4 Å². The summed E-state index contributed by atoms with van der Waals surface area (Å²) in [5.74, 6) is -0.404. The summed E-state index contributed by atoms with van der Waals surface area (Å²) in [5.41, 5.74) is 0.321. The zero-order valence-corrected chi connectivity index (χ0v) is 20.3. The minimum absolute atomic E-state index is 0.00328. The first kappa shape index (κ1) is 24.1. The average molecular weight is 495 g/mol. The van der Waals surface area contributed by atoms with Crippen LogP contribution in [0.2, 0.25) is 10.0 Å². The number of hydrogen-bond donors (Lipinski definition) is 2. The molecule has 2 N–H and O–H groups in total. The molecule has 180 valence electrons. The van der Waals surface area contributed by atoms with E-state index in [0.29, 0.717) is 60.5 Å². The first-order valence-corrected chi connectivity index (χ1v) is 12.8. The van der Waals surface area contributed by atoms with Gasteiger partial charge in [0.1, 0.15) is 6.04 Å². The highest BCUT2D eigenvalue weighted by atomic mass is 35.5. The highest BCUT2D eigenvalue weighted by Crippen LogP contribution is 2.27. The number of urea groups is 1. The van der Waals surface area contributed by atoms with Gasteiger partial charge in [-0.05, 0) is 56.7 Å². The monoisotopic (exact) mass is 494 g/mol. The number of carbonyl (C=O) groups is 3. The number of nitrogens with zero attached hydrogens (tertiary/aromatic N) is 2. The van der Waals surface area contributed by atoms with Gasteiger partial charge >= 0.3 is 6.03 Å². The lowest BCUT2D eigenvalue weighted by Crippen LogP contribution is -2.54. The van der Waals surface area contributed by atoms with E-state index in [4.69, 9.17) is 23.2 Å². The van der Waals surface area contributed by atoms with Gasteiger partial charge in [0, 0.05) is 36.7 Å². The first-order chi connectivity index (χ1) is 15.9. The standard InChI is InChI=1S/C24H32Cl2N4O3/c25-16-8-9-20(26)19(15-16)23(32)30-12-4-7-21(30)22(31)27-18-10-13-29(14-11-18)24(33)28-17-5-2-1-3-6-17/h8-9,15,17-18,21H,1-7,10-14H2,(H,27,31)(H,28,33). The molecule has 0 radical (unpaired) electrons. The average Bonchev–Trinajstić information content (AvgIpc) is 3.31. The van der Waals surface area contributed by atoms with Gasteiger partial charge < -0.3 is 20.4 Å². The maximum absolute atomic E-state index is 13.1. The van der Waals surface area contributed by atoms with Crippen molar-refractivity contribution >= 4 is 41.0 Å². The van der Waals surface area contributed by atoms with Gasteiger partial charge in [-0.2, -0.15) is 0 Å². The van der Waals surface area contributed by atoms with Gasteiger partial charge in [-0.25, -0.2) is 4.79 Å². The number of halogens is 2. The number of piperidine rings is 1. The number of benzene rings is 1. The Labute approximate surface area is 205 Å². The third kappa shape index (κ3) is 5.93. The Morgan fingerprint density at radius 1 is 0.818 bits per heavy atom. The zero-order chi connectivity index (χ0) is 23.4. The lowest BCUT2D eigenvalue weighted by atomic mass is 9.95. The van der Waals surface area contributed by atoms with Crippen molar-refractivity contribution in [3.05, 3.63) is 33.8 Å². The molecule has 0 aromatic heterocycles. The first-order valence-electron chi connectivity index (χ1n) is 12.0. The third-order valence-corrected chi connectivity index (χ3v) is 7.60. The highest BCUT2D eigenvalue weighted by Gasteiger charge is 2.36.